The van der Waals surface area contributed by atoms with Crippen LogP contribution in [-0.2, 0) is 6.54 Å². The lowest BCUT2D eigenvalue weighted by molar-refractivity contribution is 0.179. The predicted octanol–water partition coefficient (Wildman–Crippen LogP) is 2.70. The zero-order valence-corrected chi connectivity index (χ0v) is 11.3. The predicted molar refractivity (Wildman–Crippen MR) is 74.5 cm³/mol. The van der Waals surface area contributed by atoms with Crippen molar-refractivity contribution in [3.63, 3.8) is 0 Å². The van der Waals surface area contributed by atoms with Crippen LogP contribution < -0.4 is 0 Å². The summed E-state index contributed by atoms with van der Waals surface area (Å²) >= 11 is 1.62. The molecule has 1 aromatic carbocycles. The van der Waals surface area contributed by atoms with Crippen molar-refractivity contribution in [2.24, 2.45) is 0 Å². The van der Waals surface area contributed by atoms with Gasteiger partial charge in [0.25, 0.3) is 0 Å². The first-order valence-electron chi connectivity index (χ1n) is 6.04. The Bertz CT molecular complexity index is 444. The van der Waals surface area contributed by atoms with E-state index in [1.165, 1.54) is 5.56 Å². The summed E-state index contributed by atoms with van der Waals surface area (Å²) in [6, 6.07) is 10.5. The van der Waals surface area contributed by atoms with Gasteiger partial charge < -0.3 is 5.11 Å². The molecule has 0 saturated heterocycles. The van der Waals surface area contributed by atoms with Crippen molar-refractivity contribution in [1.82, 2.24) is 9.88 Å². The summed E-state index contributed by atoms with van der Waals surface area (Å²) in [5.74, 6) is 0. The van der Waals surface area contributed by atoms with Crippen LogP contribution in [0, 0.1) is 0 Å². The van der Waals surface area contributed by atoms with Gasteiger partial charge in [0.15, 0.2) is 0 Å². The van der Waals surface area contributed by atoms with Crippen LogP contribution in [0.3, 0.4) is 0 Å². The van der Waals surface area contributed by atoms with E-state index in [0.29, 0.717) is 0 Å². The fraction of sp³-hybridized carbons (Fsp3) is 0.357. The Morgan fingerprint density at radius 1 is 1.33 bits per heavy atom. The number of aromatic nitrogens is 1. The van der Waals surface area contributed by atoms with Gasteiger partial charge in [-0.1, -0.05) is 30.3 Å². The maximum atomic E-state index is 9.23. The monoisotopic (exact) mass is 262 g/mol. The highest BCUT2D eigenvalue weighted by molar-refractivity contribution is 7.07. The molecule has 0 fully saturated rings. The highest BCUT2D eigenvalue weighted by atomic mass is 32.1. The number of hydrogen-bond acceptors (Lipinski definition) is 4. The molecule has 0 saturated carbocycles. The fourth-order valence-corrected chi connectivity index (χ4v) is 2.67. The lowest BCUT2D eigenvalue weighted by Crippen LogP contribution is -2.25. The molecule has 1 aromatic heterocycles. The number of rotatable bonds is 6. The minimum Gasteiger partial charge on any atom is -0.396 e. The Labute approximate surface area is 112 Å². The maximum absolute atomic E-state index is 9.23. The molecule has 3 nitrogen and oxygen atoms in total. The highest BCUT2D eigenvalue weighted by Gasteiger charge is 2.16. The molecule has 96 valence electrons. The van der Waals surface area contributed by atoms with Crippen molar-refractivity contribution in [3.8, 4) is 0 Å². The quantitative estimate of drug-likeness (QED) is 0.869. The largest absolute Gasteiger partial charge is 0.396 e. The van der Waals surface area contributed by atoms with E-state index in [1.54, 1.807) is 11.3 Å². The van der Waals surface area contributed by atoms with Gasteiger partial charge in [-0.3, -0.25) is 4.90 Å². The third-order valence-electron chi connectivity index (χ3n) is 3.01. The Balaban J connectivity index is 2.09. The van der Waals surface area contributed by atoms with E-state index in [9.17, 15) is 5.11 Å². The molecule has 18 heavy (non-hydrogen) atoms. The molecule has 0 spiro atoms. The van der Waals surface area contributed by atoms with Crippen molar-refractivity contribution in [2.75, 3.05) is 13.7 Å². The smallest absolute Gasteiger partial charge is 0.0795 e. The first kappa shape index (κ1) is 13.2. The molecule has 4 heteroatoms. The molecule has 0 aliphatic carbocycles. The summed E-state index contributed by atoms with van der Waals surface area (Å²) in [6.07, 6.45) is 0.741. The van der Waals surface area contributed by atoms with Gasteiger partial charge in [0, 0.05) is 24.6 Å². The summed E-state index contributed by atoms with van der Waals surface area (Å²) in [5, 5.41) is 11.3. The normalized spacial score (nSPS) is 12.8. The van der Waals surface area contributed by atoms with Crippen LogP contribution in [0.4, 0.5) is 0 Å². The topological polar surface area (TPSA) is 36.4 Å². The standard InChI is InChI=1S/C14H18N2OS/c1-16(9-13-10-18-11-15-13)14(7-8-17)12-5-3-2-4-6-12/h2-6,10-11,14,17H,7-9H2,1H3. The summed E-state index contributed by atoms with van der Waals surface area (Å²) < 4.78 is 0. The van der Waals surface area contributed by atoms with Gasteiger partial charge in [-0.2, -0.15) is 0 Å². The number of hydrogen-bond donors (Lipinski definition) is 1. The van der Waals surface area contributed by atoms with Crippen molar-refractivity contribution in [1.29, 1.82) is 0 Å². The number of aliphatic hydroxyl groups excluding tert-OH is 1. The van der Waals surface area contributed by atoms with E-state index >= 15 is 0 Å². The van der Waals surface area contributed by atoms with Crippen LogP contribution in [0.2, 0.25) is 0 Å². The van der Waals surface area contributed by atoms with Crippen molar-refractivity contribution in [2.45, 2.75) is 19.0 Å². The number of benzene rings is 1. The minimum atomic E-state index is 0.195. The molecule has 1 N–H and O–H groups in total. The second kappa shape index (κ2) is 6.64. The Morgan fingerprint density at radius 2 is 2.11 bits per heavy atom. The molecule has 0 bridgehead atoms. The average molecular weight is 262 g/mol. The Kier molecular flexibility index (Phi) is 4.87. The van der Waals surface area contributed by atoms with Gasteiger partial charge in [0.05, 0.1) is 11.2 Å². The van der Waals surface area contributed by atoms with Gasteiger partial charge in [-0.25, -0.2) is 4.98 Å². The third kappa shape index (κ3) is 3.38. The molecular weight excluding hydrogens is 244 g/mol. The molecule has 1 atom stereocenters. The number of nitrogens with zero attached hydrogens (tertiary/aromatic N) is 2. The molecule has 0 aliphatic rings. The molecule has 2 rings (SSSR count). The first-order chi connectivity index (χ1) is 8.81. The first-order valence-corrected chi connectivity index (χ1v) is 6.98. The molecule has 1 heterocycles. The van der Waals surface area contributed by atoms with E-state index < -0.39 is 0 Å². The van der Waals surface area contributed by atoms with Crippen molar-refractivity contribution < 1.29 is 5.11 Å². The SMILES string of the molecule is CN(Cc1cscn1)C(CCO)c1ccccc1. The van der Waals surface area contributed by atoms with E-state index in [2.05, 4.69) is 34.4 Å². The van der Waals surface area contributed by atoms with Crippen LogP contribution >= 0.6 is 11.3 Å². The second-order valence-electron chi connectivity index (χ2n) is 4.33. The van der Waals surface area contributed by atoms with Crippen molar-refractivity contribution >= 4 is 11.3 Å². The van der Waals surface area contributed by atoms with E-state index in [-0.39, 0.29) is 12.6 Å². The molecule has 2 aromatic rings. The third-order valence-corrected chi connectivity index (χ3v) is 3.65. The second-order valence-corrected chi connectivity index (χ2v) is 5.05. The van der Waals surface area contributed by atoms with Gasteiger partial charge in [0.1, 0.15) is 0 Å². The molecule has 0 aliphatic heterocycles. The number of aliphatic hydroxyl groups is 1. The Morgan fingerprint density at radius 3 is 2.72 bits per heavy atom. The van der Waals surface area contributed by atoms with Gasteiger partial charge in [-0.05, 0) is 19.0 Å². The van der Waals surface area contributed by atoms with Crippen LogP contribution in [0.25, 0.3) is 0 Å². The van der Waals surface area contributed by atoms with E-state index in [1.807, 2.05) is 23.7 Å². The highest BCUT2D eigenvalue weighted by Crippen LogP contribution is 2.24. The molecule has 1 unspecified atom stereocenters. The van der Waals surface area contributed by atoms with Crippen LogP contribution in [0.1, 0.15) is 23.7 Å². The van der Waals surface area contributed by atoms with Crippen LogP contribution in [0.5, 0.6) is 0 Å². The lowest BCUT2D eigenvalue weighted by atomic mass is 10.0. The Hall–Kier alpha value is -1.23. The van der Waals surface area contributed by atoms with Crippen LogP contribution in [-0.4, -0.2) is 28.6 Å². The molecule has 0 radical (unpaired) electrons. The summed E-state index contributed by atoms with van der Waals surface area (Å²) in [4.78, 5) is 6.54. The summed E-state index contributed by atoms with van der Waals surface area (Å²) in [6.45, 7) is 1.00. The van der Waals surface area contributed by atoms with E-state index in [4.69, 9.17) is 0 Å². The zero-order valence-electron chi connectivity index (χ0n) is 10.5. The molecular formula is C14H18N2OS. The zero-order chi connectivity index (χ0) is 12.8. The summed E-state index contributed by atoms with van der Waals surface area (Å²) in [5.41, 5.74) is 4.18. The fourth-order valence-electron chi connectivity index (χ4n) is 2.12. The number of thiazole rings is 1. The lowest BCUT2D eigenvalue weighted by Gasteiger charge is -2.27. The average Bonchev–Trinajstić information content (AvgIpc) is 2.89. The van der Waals surface area contributed by atoms with Gasteiger partial charge in [0.2, 0.25) is 0 Å². The maximum Gasteiger partial charge on any atom is 0.0795 e. The van der Waals surface area contributed by atoms with E-state index in [0.717, 1.165) is 18.7 Å². The van der Waals surface area contributed by atoms with Crippen LogP contribution in [0.15, 0.2) is 41.2 Å². The van der Waals surface area contributed by atoms with Crippen molar-refractivity contribution in [3.05, 3.63) is 52.5 Å². The van der Waals surface area contributed by atoms with Gasteiger partial charge in [-0.15, -0.1) is 11.3 Å². The summed E-state index contributed by atoms with van der Waals surface area (Å²) in [7, 11) is 2.08. The molecule has 0 amide bonds. The minimum absolute atomic E-state index is 0.195. The van der Waals surface area contributed by atoms with Gasteiger partial charge >= 0.3 is 0 Å².